The Bertz CT molecular complexity index is 759. The highest BCUT2D eigenvalue weighted by Crippen LogP contribution is 2.20. The van der Waals surface area contributed by atoms with Crippen LogP contribution in [0.4, 0.5) is 4.39 Å². The maximum Gasteiger partial charge on any atom is 0.264 e. The minimum Gasteiger partial charge on any atom is -0.497 e. The van der Waals surface area contributed by atoms with Crippen LogP contribution in [0.2, 0.25) is 0 Å². The number of amides is 1. The molecular weight excluding hydrogens is 311 g/mol. The van der Waals surface area contributed by atoms with Crippen LogP contribution in [0.5, 0.6) is 5.75 Å². The first-order chi connectivity index (χ1) is 11.7. The molecule has 1 aliphatic heterocycles. The minimum atomic E-state index is -0.661. The third-order valence-corrected chi connectivity index (χ3v) is 3.74. The summed E-state index contributed by atoms with van der Waals surface area (Å²) in [6.07, 6.45) is -0.269. The molecule has 0 fully saturated rings. The van der Waals surface area contributed by atoms with Gasteiger partial charge in [0.05, 0.1) is 12.8 Å². The van der Waals surface area contributed by atoms with Gasteiger partial charge in [-0.1, -0.05) is 29.4 Å². The number of carbonyl (C=O) groups is 1. The number of rotatable bonds is 5. The van der Waals surface area contributed by atoms with Crippen LogP contribution in [0.3, 0.4) is 0 Å². The lowest BCUT2D eigenvalue weighted by Gasteiger charge is -2.09. The molecule has 0 aliphatic carbocycles. The Morgan fingerprint density at radius 2 is 2.12 bits per heavy atom. The summed E-state index contributed by atoms with van der Waals surface area (Å²) >= 11 is 0. The standard InChI is InChI=1S/C18H17FN2O3/c1-23-15-4-2-3-13(9-15)16-10-17(24-21-16)18(22)20-11-12-5-7-14(19)8-6-12/h2-9,17H,10-11H2,1H3,(H,20,22)/t17-/m1/s1. The maximum absolute atomic E-state index is 12.9. The molecule has 1 heterocycles. The van der Waals surface area contributed by atoms with E-state index in [0.717, 1.165) is 16.9 Å². The molecule has 3 rings (SSSR count). The number of methoxy groups -OCH3 is 1. The van der Waals surface area contributed by atoms with Gasteiger partial charge < -0.3 is 14.9 Å². The Morgan fingerprint density at radius 1 is 1.33 bits per heavy atom. The maximum atomic E-state index is 12.9. The zero-order valence-electron chi connectivity index (χ0n) is 13.2. The molecule has 0 saturated heterocycles. The van der Waals surface area contributed by atoms with Crippen molar-refractivity contribution in [2.24, 2.45) is 5.16 Å². The van der Waals surface area contributed by atoms with Gasteiger partial charge in [0.25, 0.3) is 5.91 Å². The fourth-order valence-corrected chi connectivity index (χ4v) is 2.40. The Hall–Kier alpha value is -2.89. The molecule has 2 aromatic rings. The van der Waals surface area contributed by atoms with Gasteiger partial charge in [-0.05, 0) is 29.8 Å². The number of halogens is 1. The van der Waals surface area contributed by atoms with E-state index in [9.17, 15) is 9.18 Å². The van der Waals surface area contributed by atoms with E-state index in [-0.39, 0.29) is 11.7 Å². The van der Waals surface area contributed by atoms with Gasteiger partial charge in [-0.3, -0.25) is 4.79 Å². The highest BCUT2D eigenvalue weighted by atomic mass is 19.1. The zero-order valence-corrected chi connectivity index (χ0v) is 13.2. The summed E-state index contributed by atoms with van der Waals surface area (Å²) in [5.74, 6) is 0.168. The number of ether oxygens (including phenoxy) is 1. The topological polar surface area (TPSA) is 59.9 Å². The normalized spacial score (nSPS) is 16.2. The summed E-state index contributed by atoms with van der Waals surface area (Å²) in [5, 5.41) is 6.77. The van der Waals surface area contributed by atoms with Gasteiger partial charge in [0, 0.05) is 18.5 Å². The summed E-state index contributed by atoms with van der Waals surface area (Å²) < 4.78 is 18.0. The number of nitrogens with zero attached hydrogens (tertiary/aromatic N) is 1. The van der Waals surface area contributed by atoms with E-state index in [0.29, 0.717) is 18.7 Å². The van der Waals surface area contributed by atoms with Crippen molar-refractivity contribution < 1.29 is 18.8 Å². The van der Waals surface area contributed by atoms with Crippen molar-refractivity contribution in [2.45, 2.75) is 19.1 Å². The molecule has 0 saturated carbocycles. The molecule has 0 spiro atoms. The molecular formula is C18H17FN2O3. The molecule has 0 unspecified atom stereocenters. The van der Waals surface area contributed by atoms with Crippen LogP contribution in [0.15, 0.2) is 53.7 Å². The van der Waals surface area contributed by atoms with Crippen molar-refractivity contribution in [3.05, 3.63) is 65.5 Å². The Labute approximate surface area is 139 Å². The first kappa shape index (κ1) is 16.0. The SMILES string of the molecule is COc1cccc(C2=NO[C@@H](C(=O)NCc3ccc(F)cc3)C2)c1. The molecule has 1 aliphatic rings. The van der Waals surface area contributed by atoms with E-state index in [1.807, 2.05) is 24.3 Å². The molecule has 0 radical (unpaired) electrons. The first-order valence-electron chi connectivity index (χ1n) is 7.55. The molecule has 5 nitrogen and oxygen atoms in total. The molecule has 24 heavy (non-hydrogen) atoms. The molecule has 6 heteroatoms. The molecule has 1 atom stereocenters. The fourth-order valence-electron chi connectivity index (χ4n) is 2.40. The van der Waals surface area contributed by atoms with Gasteiger partial charge in [-0.2, -0.15) is 0 Å². The third kappa shape index (κ3) is 3.71. The third-order valence-electron chi connectivity index (χ3n) is 3.74. The van der Waals surface area contributed by atoms with Crippen LogP contribution in [0, 0.1) is 5.82 Å². The second-order valence-electron chi connectivity index (χ2n) is 5.41. The fraction of sp³-hybridized carbons (Fsp3) is 0.222. The first-order valence-corrected chi connectivity index (χ1v) is 7.55. The predicted octanol–water partition coefficient (Wildman–Crippen LogP) is 2.64. The Balaban J connectivity index is 1.55. The molecule has 1 N–H and O–H groups in total. The average Bonchev–Trinajstić information content (AvgIpc) is 3.11. The van der Waals surface area contributed by atoms with Crippen LogP contribution >= 0.6 is 0 Å². The Morgan fingerprint density at radius 3 is 2.88 bits per heavy atom. The minimum absolute atomic E-state index is 0.249. The van der Waals surface area contributed by atoms with Gasteiger partial charge >= 0.3 is 0 Å². The van der Waals surface area contributed by atoms with E-state index in [1.54, 1.807) is 19.2 Å². The second kappa shape index (κ2) is 7.12. The van der Waals surface area contributed by atoms with Crippen molar-refractivity contribution >= 4 is 11.6 Å². The van der Waals surface area contributed by atoms with Crippen molar-refractivity contribution in [1.82, 2.24) is 5.32 Å². The lowest BCUT2D eigenvalue weighted by atomic mass is 10.0. The zero-order chi connectivity index (χ0) is 16.9. The van der Waals surface area contributed by atoms with Gasteiger partial charge in [-0.15, -0.1) is 0 Å². The van der Waals surface area contributed by atoms with E-state index < -0.39 is 6.10 Å². The van der Waals surface area contributed by atoms with Crippen molar-refractivity contribution in [1.29, 1.82) is 0 Å². The van der Waals surface area contributed by atoms with Crippen LogP contribution in [-0.2, 0) is 16.2 Å². The molecule has 0 aromatic heterocycles. The molecule has 0 bridgehead atoms. The average molecular weight is 328 g/mol. The summed E-state index contributed by atoms with van der Waals surface area (Å²) in [6, 6.07) is 13.4. The van der Waals surface area contributed by atoms with Gasteiger partial charge in [0.2, 0.25) is 6.10 Å². The molecule has 1 amide bonds. The quantitative estimate of drug-likeness (QED) is 0.918. The van der Waals surface area contributed by atoms with Gasteiger partial charge in [0.1, 0.15) is 11.6 Å². The van der Waals surface area contributed by atoms with Crippen molar-refractivity contribution in [3.63, 3.8) is 0 Å². The Kier molecular flexibility index (Phi) is 4.74. The van der Waals surface area contributed by atoms with Crippen LogP contribution in [0.25, 0.3) is 0 Å². The number of hydrogen-bond acceptors (Lipinski definition) is 4. The highest BCUT2D eigenvalue weighted by molar-refractivity contribution is 6.04. The number of oxime groups is 1. The number of benzene rings is 2. The van der Waals surface area contributed by atoms with E-state index in [2.05, 4.69) is 10.5 Å². The van der Waals surface area contributed by atoms with Crippen LogP contribution in [0.1, 0.15) is 17.5 Å². The predicted molar refractivity (Wildman–Crippen MR) is 87.3 cm³/mol. The lowest BCUT2D eigenvalue weighted by Crippen LogP contribution is -2.34. The number of carbonyl (C=O) groups excluding carboxylic acids is 1. The van der Waals surface area contributed by atoms with Gasteiger partial charge in [-0.25, -0.2) is 4.39 Å². The van der Waals surface area contributed by atoms with E-state index in [4.69, 9.17) is 9.57 Å². The molecule has 124 valence electrons. The number of nitrogens with one attached hydrogen (secondary N) is 1. The summed E-state index contributed by atoms with van der Waals surface area (Å²) in [5.41, 5.74) is 2.38. The second-order valence-corrected chi connectivity index (χ2v) is 5.41. The highest BCUT2D eigenvalue weighted by Gasteiger charge is 2.28. The number of hydrogen-bond donors (Lipinski definition) is 1. The van der Waals surface area contributed by atoms with Crippen molar-refractivity contribution in [2.75, 3.05) is 7.11 Å². The van der Waals surface area contributed by atoms with Crippen LogP contribution < -0.4 is 10.1 Å². The van der Waals surface area contributed by atoms with Crippen molar-refractivity contribution in [3.8, 4) is 5.75 Å². The van der Waals surface area contributed by atoms with E-state index in [1.165, 1.54) is 12.1 Å². The van der Waals surface area contributed by atoms with Crippen LogP contribution in [-0.4, -0.2) is 24.8 Å². The van der Waals surface area contributed by atoms with E-state index >= 15 is 0 Å². The van der Waals surface area contributed by atoms with Gasteiger partial charge in [0.15, 0.2) is 0 Å². The summed E-state index contributed by atoms with van der Waals surface area (Å²) in [6.45, 7) is 0.313. The summed E-state index contributed by atoms with van der Waals surface area (Å²) in [4.78, 5) is 17.4. The monoisotopic (exact) mass is 328 g/mol. The molecule has 2 aromatic carbocycles. The summed E-state index contributed by atoms with van der Waals surface area (Å²) in [7, 11) is 1.60. The smallest absolute Gasteiger partial charge is 0.264 e. The largest absolute Gasteiger partial charge is 0.497 e. The lowest BCUT2D eigenvalue weighted by molar-refractivity contribution is -0.131.